The Morgan fingerprint density at radius 2 is 2.00 bits per heavy atom. The van der Waals surface area contributed by atoms with Crippen LogP contribution in [0.5, 0.6) is 0 Å². The lowest BCUT2D eigenvalue weighted by molar-refractivity contribution is -0.163. The number of nitrogens with zero attached hydrogens (tertiary/aromatic N) is 2. The van der Waals surface area contributed by atoms with E-state index in [2.05, 4.69) is 16.0 Å². The van der Waals surface area contributed by atoms with Crippen LogP contribution in [-0.2, 0) is 14.4 Å². The highest BCUT2D eigenvalue weighted by molar-refractivity contribution is 8.03. The van der Waals surface area contributed by atoms with Crippen molar-refractivity contribution in [2.75, 3.05) is 39.8 Å². The molecule has 0 aromatic heterocycles. The zero-order chi connectivity index (χ0) is 23.9. The van der Waals surface area contributed by atoms with Crippen molar-refractivity contribution < 1.29 is 24.6 Å². The highest BCUT2D eigenvalue weighted by atomic mass is 32.2. The third-order valence-corrected chi connectivity index (χ3v) is 8.89. The molecular weight excluding hydrogens is 446 g/mol. The molecule has 5 N–H and O–H groups in total. The van der Waals surface area contributed by atoms with Crippen molar-refractivity contribution in [2.24, 2.45) is 11.8 Å². The highest BCUT2D eigenvalue weighted by Crippen LogP contribution is 2.51. The average Bonchev–Trinajstić information content (AvgIpc) is 3.33. The SMILES string of the molecule is CNC(C[C@H]1C[C@H](SC2=C(C(=O)O)N3C(=O)[C@H]([C@@H](C)O)[C@H]3[C@H]2C)CN1)C(=O)N1CCNCC1. The normalized spacial score (nSPS) is 33.7. The van der Waals surface area contributed by atoms with Crippen LogP contribution in [-0.4, -0.2) is 107 Å². The van der Waals surface area contributed by atoms with Gasteiger partial charge in [0, 0.05) is 54.8 Å². The van der Waals surface area contributed by atoms with Gasteiger partial charge in [-0.3, -0.25) is 9.59 Å². The van der Waals surface area contributed by atoms with Gasteiger partial charge in [-0.2, -0.15) is 0 Å². The summed E-state index contributed by atoms with van der Waals surface area (Å²) >= 11 is 1.53. The number of aliphatic carboxylic acids is 1. The number of rotatable bonds is 8. The number of fused-ring (bicyclic) bond motifs is 1. The van der Waals surface area contributed by atoms with Crippen molar-refractivity contribution in [3.05, 3.63) is 10.6 Å². The Balaban J connectivity index is 1.39. The number of aliphatic hydroxyl groups is 1. The van der Waals surface area contributed by atoms with E-state index in [1.165, 1.54) is 16.7 Å². The zero-order valence-electron chi connectivity index (χ0n) is 19.4. The molecular formula is C22H35N5O5S. The van der Waals surface area contributed by atoms with Crippen LogP contribution in [0.2, 0.25) is 0 Å². The van der Waals surface area contributed by atoms with Gasteiger partial charge in [-0.15, -0.1) is 11.8 Å². The number of β-lactam (4-membered cyclic amide) rings is 1. The highest BCUT2D eigenvalue weighted by Gasteiger charge is 2.60. The molecule has 0 aromatic carbocycles. The second-order valence-electron chi connectivity index (χ2n) is 9.50. The largest absolute Gasteiger partial charge is 0.477 e. The Hall–Kier alpha value is -1.66. The average molecular weight is 482 g/mol. The first-order valence-corrected chi connectivity index (χ1v) is 12.7. The van der Waals surface area contributed by atoms with Crippen molar-refractivity contribution in [2.45, 2.75) is 56.2 Å². The molecule has 184 valence electrons. The molecule has 10 nitrogen and oxygen atoms in total. The molecule has 3 fully saturated rings. The Kier molecular flexibility index (Phi) is 7.35. The fourth-order valence-corrected chi connectivity index (χ4v) is 7.16. The molecule has 1 unspecified atom stereocenters. The fraction of sp³-hybridized carbons (Fsp3) is 0.773. The van der Waals surface area contributed by atoms with E-state index >= 15 is 0 Å². The first kappa shape index (κ1) is 24.5. The second-order valence-corrected chi connectivity index (χ2v) is 10.8. The summed E-state index contributed by atoms with van der Waals surface area (Å²) in [5, 5.41) is 29.9. The summed E-state index contributed by atoms with van der Waals surface area (Å²) in [7, 11) is 1.82. The molecule has 3 saturated heterocycles. The summed E-state index contributed by atoms with van der Waals surface area (Å²) in [6, 6.07) is -0.391. The Bertz CT molecular complexity index is 830. The molecule has 0 bridgehead atoms. The van der Waals surface area contributed by atoms with E-state index in [4.69, 9.17) is 0 Å². The van der Waals surface area contributed by atoms with Crippen LogP contribution in [0.4, 0.5) is 0 Å². The van der Waals surface area contributed by atoms with Gasteiger partial charge in [0.2, 0.25) is 11.8 Å². The topological polar surface area (TPSA) is 134 Å². The summed E-state index contributed by atoms with van der Waals surface area (Å²) in [5.41, 5.74) is 0.0739. The number of carboxylic acid groups (broad SMARTS) is 1. The lowest BCUT2D eigenvalue weighted by Gasteiger charge is -2.46. The van der Waals surface area contributed by atoms with Gasteiger partial charge in [-0.1, -0.05) is 6.92 Å². The number of hydrogen-bond donors (Lipinski definition) is 5. The molecule has 4 rings (SSSR count). The van der Waals surface area contributed by atoms with Crippen LogP contribution in [0.15, 0.2) is 10.6 Å². The molecule has 0 aliphatic carbocycles. The molecule has 7 atom stereocenters. The maximum absolute atomic E-state index is 12.9. The molecule has 4 aliphatic rings. The van der Waals surface area contributed by atoms with Crippen molar-refractivity contribution in [3.63, 3.8) is 0 Å². The van der Waals surface area contributed by atoms with Crippen LogP contribution < -0.4 is 16.0 Å². The number of piperazine rings is 1. The summed E-state index contributed by atoms with van der Waals surface area (Å²) in [5.74, 6) is -1.94. The molecule has 0 saturated carbocycles. The van der Waals surface area contributed by atoms with Gasteiger partial charge in [0.1, 0.15) is 5.70 Å². The number of carboxylic acids is 1. The number of nitrogens with one attached hydrogen (secondary N) is 3. The standard InChI is InChI=1S/C22H35N5O5S/c1-11-17-16(12(2)28)21(30)27(17)18(22(31)32)19(11)33-14-8-13(25-10-14)9-15(23-3)20(29)26-6-4-24-5-7-26/h11-17,23-25,28H,4-10H2,1-3H3,(H,31,32)/t11-,12-,13-,14+,15?,16-,17-/m1/s1. The Morgan fingerprint density at radius 3 is 2.61 bits per heavy atom. The zero-order valence-corrected chi connectivity index (χ0v) is 20.2. The van der Waals surface area contributed by atoms with Crippen molar-refractivity contribution in [1.82, 2.24) is 25.8 Å². The van der Waals surface area contributed by atoms with Crippen LogP contribution in [0.3, 0.4) is 0 Å². The van der Waals surface area contributed by atoms with E-state index in [9.17, 15) is 24.6 Å². The number of aliphatic hydroxyl groups excluding tert-OH is 1. The molecule has 33 heavy (non-hydrogen) atoms. The van der Waals surface area contributed by atoms with E-state index in [0.29, 0.717) is 6.42 Å². The summed E-state index contributed by atoms with van der Waals surface area (Å²) < 4.78 is 0. The van der Waals surface area contributed by atoms with Gasteiger partial charge < -0.3 is 36.0 Å². The van der Waals surface area contributed by atoms with Gasteiger partial charge >= 0.3 is 5.97 Å². The maximum Gasteiger partial charge on any atom is 0.353 e. The summed E-state index contributed by atoms with van der Waals surface area (Å²) in [6.07, 6.45) is 0.692. The smallest absolute Gasteiger partial charge is 0.353 e. The second kappa shape index (κ2) is 9.91. The monoisotopic (exact) mass is 481 g/mol. The third kappa shape index (κ3) is 4.53. The van der Waals surface area contributed by atoms with Crippen molar-refractivity contribution >= 4 is 29.5 Å². The number of amides is 2. The summed E-state index contributed by atoms with van der Waals surface area (Å²) in [6.45, 7) is 7.33. The third-order valence-electron chi connectivity index (χ3n) is 7.38. The maximum atomic E-state index is 12.9. The molecule has 0 radical (unpaired) electrons. The lowest BCUT2D eigenvalue weighted by Crippen LogP contribution is -2.63. The van der Waals surface area contributed by atoms with E-state index in [1.807, 2.05) is 18.9 Å². The minimum absolute atomic E-state index is 0.0739. The number of likely N-dealkylation sites (N-methyl/N-ethyl adjacent to an activating group) is 1. The van der Waals surface area contributed by atoms with Gasteiger partial charge in [0.15, 0.2) is 0 Å². The van der Waals surface area contributed by atoms with E-state index in [-0.39, 0.29) is 46.8 Å². The molecule has 0 aromatic rings. The minimum atomic E-state index is -1.09. The van der Waals surface area contributed by atoms with Gasteiger partial charge in [-0.05, 0) is 26.8 Å². The molecule has 2 amide bonds. The fourth-order valence-electron chi connectivity index (χ4n) is 5.64. The van der Waals surface area contributed by atoms with E-state index < -0.39 is 18.0 Å². The van der Waals surface area contributed by atoms with E-state index in [1.54, 1.807) is 6.92 Å². The van der Waals surface area contributed by atoms with Crippen LogP contribution in [0.1, 0.15) is 26.7 Å². The van der Waals surface area contributed by atoms with Crippen LogP contribution in [0.25, 0.3) is 0 Å². The summed E-state index contributed by atoms with van der Waals surface area (Å²) in [4.78, 5) is 41.5. The van der Waals surface area contributed by atoms with Crippen molar-refractivity contribution in [3.8, 4) is 0 Å². The number of hydrogen-bond acceptors (Lipinski definition) is 8. The first-order chi connectivity index (χ1) is 15.7. The van der Waals surface area contributed by atoms with E-state index in [0.717, 1.165) is 44.0 Å². The molecule has 0 spiro atoms. The number of carbonyl (C=O) groups excluding carboxylic acids is 2. The number of carbonyl (C=O) groups is 3. The van der Waals surface area contributed by atoms with Gasteiger partial charge in [0.25, 0.3) is 0 Å². The molecule has 11 heteroatoms. The first-order valence-electron chi connectivity index (χ1n) is 11.8. The van der Waals surface area contributed by atoms with Crippen LogP contribution in [0, 0.1) is 11.8 Å². The molecule has 4 aliphatic heterocycles. The van der Waals surface area contributed by atoms with Crippen molar-refractivity contribution in [1.29, 1.82) is 0 Å². The van der Waals surface area contributed by atoms with Gasteiger partial charge in [0.05, 0.1) is 24.1 Å². The quantitative estimate of drug-likeness (QED) is 0.277. The molecule has 4 heterocycles. The van der Waals surface area contributed by atoms with Gasteiger partial charge in [-0.25, -0.2) is 4.79 Å². The lowest BCUT2D eigenvalue weighted by atomic mass is 9.79. The number of thioether (sulfide) groups is 1. The Labute approximate surface area is 198 Å². The van der Waals surface area contributed by atoms with Crippen LogP contribution >= 0.6 is 11.8 Å². The predicted molar refractivity (Wildman–Crippen MR) is 124 cm³/mol. The predicted octanol–water partition coefficient (Wildman–Crippen LogP) is -0.986. The minimum Gasteiger partial charge on any atom is -0.477 e. The Morgan fingerprint density at radius 1 is 1.30 bits per heavy atom.